The van der Waals surface area contributed by atoms with Crippen LogP contribution < -0.4 is 0 Å². The summed E-state index contributed by atoms with van der Waals surface area (Å²) in [6, 6.07) is 0. The van der Waals surface area contributed by atoms with Gasteiger partial charge in [-0.2, -0.15) is 0 Å². The third kappa shape index (κ3) is 2.02. The molecule has 1 N–H and O–H groups in total. The minimum absolute atomic E-state index is 0.261. The molecule has 1 aliphatic rings. The van der Waals surface area contributed by atoms with E-state index in [1.807, 2.05) is 13.8 Å². The van der Waals surface area contributed by atoms with Crippen molar-refractivity contribution in [1.82, 2.24) is 0 Å². The van der Waals surface area contributed by atoms with Crippen LogP contribution in [-0.4, -0.2) is 43.4 Å². The number of methoxy groups -OCH3 is 2. The molecule has 1 saturated heterocycles. The summed E-state index contributed by atoms with van der Waals surface area (Å²) in [7, 11) is 3.18. The second kappa shape index (κ2) is 3.92. The van der Waals surface area contributed by atoms with E-state index in [-0.39, 0.29) is 12.4 Å². The highest BCUT2D eigenvalue weighted by Gasteiger charge is 2.44. The fourth-order valence-corrected chi connectivity index (χ4v) is 1.65. The molecule has 13 heavy (non-hydrogen) atoms. The lowest BCUT2D eigenvalue weighted by Gasteiger charge is -2.43. The van der Waals surface area contributed by atoms with Gasteiger partial charge in [0.25, 0.3) is 0 Å². The van der Waals surface area contributed by atoms with Crippen LogP contribution in [0.2, 0.25) is 0 Å². The minimum atomic E-state index is -0.608. The van der Waals surface area contributed by atoms with Gasteiger partial charge < -0.3 is 19.3 Å². The van der Waals surface area contributed by atoms with Crippen molar-refractivity contribution in [3.05, 3.63) is 0 Å². The summed E-state index contributed by atoms with van der Waals surface area (Å²) >= 11 is 0. The second-order valence-corrected chi connectivity index (χ2v) is 3.67. The number of aliphatic hydroxyl groups is 1. The van der Waals surface area contributed by atoms with Crippen molar-refractivity contribution in [3.8, 4) is 0 Å². The zero-order chi connectivity index (χ0) is 10.1. The molecule has 0 spiro atoms. The third-order valence-corrected chi connectivity index (χ3v) is 2.74. The molecule has 78 valence electrons. The van der Waals surface area contributed by atoms with Gasteiger partial charge >= 0.3 is 0 Å². The van der Waals surface area contributed by atoms with Gasteiger partial charge in [-0.05, 0) is 13.8 Å². The first kappa shape index (κ1) is 10.9. The molecule has 0 radical (unpaired) electrons. The van der Waals surface area contributed by atoms with Crippen LogP contribution in [-0.2, 0) is 14.2 Å². The molecule has 1 fully saturated rings. The number of hydrogen-bond donors (Lipinski definition) is 1. The van der Waals surface area contributed by atoms with Crippen molar-refractivity contribution in [3.63, 3.8) is 0 Å². The molecule has 0 bridgehead atoms. The molecule has 0 aliphatic carbocycles. The Kier molecular flexibility index (Phi) is 3.29. The van der Waals surface area contributed by atoms with Gasteiger partial charge in [-0.1, -0.05) is 0 Å². The molecule has 1 rings (SSSR count). The Morgan fingerprint density at radius 2 is 2.08 bits per heavy atom. The molecule has 0 amide bonds. The summed E-state index contributed by atoms with van der Waals surface area (Å²) < 4.78 is 15.8. The predicted octanol–water partition coefficient (Wildman–Crippen LogP) is 0.534. The fourth-order valence-electron chi connectivity index (χ4n) is 1.65. The Hall–Kier alpha value is -0.160. The molecule has 1 heterocycles. The first-order valence-corrected chi connectivity index (χ1v) is 4.45. The van der Waals surface area contributed by atoms with E-state index in [1.165, 1.54) is 0 Å². The minimum Gasteiger partial charge on any atom is -0.387 e. The van der Waals surface area contributed by atoms with Gasteiger partial charge in [-0.3, -0.25) is 0 Å². The van der Waals surface area contributed by atoms with Crippen molar-refractivity contribution in [2.45, 2.75) is 44.4 Å². The van der Waals surface area contributed by atoms with Crippen LogP contribution in [0.15, 0.2) is 0 Å². The first-order valence-electron chi connectivity index (χ1n) is 4.45. The average Bonchev–Trinajstić information content (AvgIpc) is 2.13. The number of ether oxygens (including phenoxy) is 3. The summed E-state index contributed by atoms with van der Waals surface area (Å²) in [6.45, 7) is 3.68. The van der Waals surface area contributed by atoms with Gasteiger partial charge in [0.05, 0.1) is 11.7 Å². The fraction of sp³-hybridized carbons (Fsp3) is 1.00. The smallest absolute Gasteiger partial charge is 0.160 e. The van der Waals surface area contributed by atoms with Gasteiger partial charge in [-0.25, -0.2) is 0 Å². The highest BCUT2D eigenvalue weighted by Crippen LogP contribution is 2.31. The van der Waals surface area contributed by atoms with Gasteiger partial charge in [-0.15, -0.1) is 0 Å². The zero-order valence-electron chi connectivity index (χ0n) is 8.61. The van der Waals surface area contributed by atoms with E-state index in [1.54, 1.807) is 14.2 Å². The number of hydrogen-bond acceptors (Lipinski definition) is 4. The van der Waals surface area contributed by atoms with E-state index in [4.69, 9.17) is 14.2 Å². The SMILES string of the molecule is CO[C@H]1C[C@](C)(OC)[C@H](O)[C@@H](C)O1. The molecule has 0 saturated carbocycles. The van der Waals surface area contributed by atoms with E-state index < -0.39 is 11.7 Å². The monoisotopic (exact) mass is 190 g/mol. The molecule has 4 nitrogen and oxygen atoms in total. The third-order valence-electron chi connectivity index (χ3n) is 2.74. The van der Waals surface area contributed by atoms with Crippen LogP contribution in [0, 0.1) is 0 Å². The average molecular weight is 190 g/mol. The largest absolute Gasteiger partial charge is 0.387 e. The lowest BCUT2D eigenvalue weighted by atomic mass is 9.88. The lowest BCUT2D eigenvalue weighted by Crippen LogP contribution is -2.56. The van der Waals surface area contributed by atoms with Crippen LogP contribution in [0.5, 0.6) is 0 Å². The molecule has 0 aromatic carbocycles. The van der Waals surface area contributed by atoms with Crippen molar-refractivity contribution >= 4 is 0 Å². The summed E-state index contributed by atoms with van der Waals surface area (Å²) in [5, 5.41) is 9.80. The van der Waals surface area contributed by atoms with Crippen molar-refractivity contribution in [2.75, 3.05) is 14.2 Å². The number of rotatable bonds is 2. The Bertz CT molecular complexity index is 173. The lowest BCUT2D eigenvalue weighted by molar-refractivity contribution is -0.271. The quantitative estimate of drug-likeness (QED) is 0.690. The normalized spacial score (nSPS) is 46.4. The van der Waals surface area contributed by atoms with Crippen molar-refractivity contribution in [2.24, 2.45) is 0 Å². The van der Waals surface area contributed by atoms with Gasteiger partial charge in [0.1, 0.15) is 6.10 Å². The Morgan fingerprint density at radius 3 is 2.54 bits per heavy atom. The Labute approximate surface area is 78.8 Å². The Morgan fingerprint density at radius 1 is 1.46 bits per heavy atom. The van der Waals surface area contributed by atoms with E-state index in [0.717, 1.165) is 0 Å². The molecule has 0 aromatic heterocycles. The summed E-state index contributed by atoms with van der Waals surface area (Å²) in [5.74, 6) is 0. The maximum Gasteiger partial charge on any atom is 0.160 e. The molecule has 1 aliphatic heterocycles. The molecular weight excluding hydrogens is 172 g/mol. The van der Waals surface area contributed by atoms with Crippen molar-refractivity contribution < 1.29 is 19.3 Å². The van der Waals surface area contributed by atoms with E-state index >= 15 is 0 Å². The van der Waals surface area contributed by atoms with Crippen LogP contribution in [0.3, 0.4) is 0 Å². The molecule has 4 heteroatoms. The standard InChI is InChI=1S/C9H18O4/c1-6-8(10)9(2,12-4)5-7(11-3)13-6/h6-8,10H,5H2,1-4H3/t6-,7-,8-,9+/m1/s1. The molecule has 0 unspecified atom stereocenters. The molecule has 4 atom stereocenters. The van der Waals surface area contributed by atoms with Crippen LogP contribution in [0.1, 0.15) is 20.3 Å². The van der Waals surface area contributed by atoms with Crippen LogP contribution in [0.4, 0.5) is 0 Å². The Balaban J connectivity index is 2.71. The number of aliphatic hydroxyl groups excluding tert-OH is 1. The zero-order valence-corrected chi connectivity index (χ0v) is 8.61. The predicted molar refractivity (Wildman–Crippen MR) is 47.4 cm³/mol. The maximum absolute atomic E-state index is 9.80. The summed E-state index contributed by atoms with van der Waals surface area (Å²) in [4.78, 5) is 0. The molecule has 0 aromatic rings. The summed E-state index contributed by atoms with van der Waals surface area (Å²) in [6.07, 6.45) is -0.609. The van der Waals surface area contributed by atoms with Crippen LogP contribution in [0.25, 0.3) is 0 Å². The maximum atomic E-state index is 9.80. The van der Waals surface area contributed by atoms with Gasteiger partial charge in [0.15, 0.2) is 6.29 Å². The van der Waals surface area contributed by atoms with Crippen LogP contribution >= 0.6 is 0 Å². The van der Waals surface area contributed by atoms with E-state index in [9.17, 15) is 5.11 Å². The summed E-state index contributed by atoms with van der Waals surface area (Å²) in [5.41, 5.74) is -0.571. The first-order chi connectivity index (χ1) is 6.03. The van der Waals surface area contributed by atoms with Crippen molar-refractivity contribution in [1.29, 1.82) is 0 Å². The topological polar surface area (TPSA) is 47.9 Å². The van der Waals surface area contributed by atoms with Gasteiger partial charge in [0, 0.05) is 20.6 Å². The highest BCUT2D eigenvalue weighted by atomic mass is 16.7. The van der Waals surface area contributed by atoms with E-state index in [0.29, 0.717) is 6.42 Å². The van der Waals surface area contributed by atoms with Gasteiger partial charge in [0.2, 0.25) is 0 Å². The molecular formula is C9H18O4. The second-order valence-electron chi connectivity index (χ2n) is 3.67. The highest BCUT2D eigenvalue weighted by molar-refractivity contribution is 4.92. The van der Waals surface area contributed by atoms with E-state index in [2.05, 4.69) is 0 Å².